The maximum Gasteiger partial charge on any atom is 0.227 e. The van der Waals surface area contributed by atoms with Crippen LogP contribution in [-0.2, 0) is 17.8 Å². The average molecular weight is 391 g/mol. The smallest absolute Gasteiger partial charge is 0.227 e. The highest BCUT2D eigenvalue weighted by molar-refractivity contribution is 5.79. The number of hydrogen-bond donors (Lipinski definition) is 1. The van der Waals surface area contributed by atoms with Crippen molar-refractivity contribution in [3.8, 4) is 17.1 Å². The number of rotatable bonds is 6. The van der Waals surface area contributed by atoms with Gasteiger partial charge in [0.05, 0.1) is 19.0 Å². The van der Waals surface area contributed by atoms with E-state index in [9.17, 15) is 4.79 Å². The Balaban J connectivity index is 1.48. The summed E-state index contributed by atoms with van der Waals surface area (Å²) in [6, 6.07) is 17.4. The van der Waals surface area contributed by atoms with E-state index in [2.05, 4.69) is 5.10 Å². The summed E-state index contributed by atoms with van der Waals surface area (Å²) in [6.07, 6.45) is 0.323. The fraction of sp³-hybridized carbons (Fsp3) is 0.318. The van der Waals surface area contributed by atoms with E-state index < -0.39 is 0 Å². The summed E-state index contributed by atoms with van der Waals surface area (Å²) in [7, 11) is 0. The van der Waals surface area contributed by atoms with Gasteiger partial charge in [-0.05, 0) is 24.6 Å². The van der Waals surface area contributed by atoms with E-state index in [0.29, 0.717) is 38.5 Å². The van der Waals surface area contributed by atoms with Crippen LogP contribution in [0.4, 0.5) is 0 Å². The van der Waals surface area contributed by atoms with Gasteiger partial charge >= 0.3 is 0 Å². The molecule has 0 bridgehead atoms. The molecule has 0 fully saturated rings. The van der Waals surface area contributed by atoms with Crippen molar-refractivity contribution < 1.29 is 9.53 Å². The molecule has 2 N–H and O–H groups in total. The molecule has 1 amide bonds. The van der Waals surface area contributed by atoms with Gasteiger partial charge in [0.1, 0.15) is 18.2 Å². The first-order valence-electron chi connectivity index (χ1n) is 9.87. The third-order valence-corrected chi connectivity index (χ3v) is 5.09. The Morgan fingerprint density at radius 3 is 2.79 bits per heavy atom. The van der Waals surface area contributed by atoms with E-state index in [0.717, 1.165) is 22.7 Å². The zero-order valence-electron chi connectivity index (χ0n) is 16.5. The number of hydrogen-bond acceptors (Lipinski definition) is 5. The molecule has 1 aliphatic heterocycles. The number of nitrogens with two attached hydrogens (primary N) is 1. The van der Waals surface area contributed by atoms with Gasteiger partial charge < -0.3 is 15.4 Å². The zero-order valence-corrected chi connectivity index (χ0v) is 16.5. The number of amides is 1. The van der Waals surface area contributed by atoms with Gasteiger partial charge in [0.15, 0.2) is 5.82 Å². The predicted octanol–water partition coefficient (Wildman–Crippen LogP) is 2.43. The minimum absolute atomic E-state index is 0.0731. The van der Waals surface area contributed by atoms with Gasteiger partial charge in [-0.15, -0.1) is 0 Å². The van der Waals surface area contributed by atoms with Gasteiger partial charge in [-0.3, -0.25) is 4.79 Å². The number of fused-ring (bicyclic) bond motifs is 1. The van der Waals surface area contributed by atoms with Crippen LogP contribution in [-0.4, -0.2) is 45.3 Å². The van der Waals surface area contributed by atoms with Crippen LogP contribution in [0.25, 0.3) is 11.4 Å². The van der Waals surface area contributed by atoms with Crippen LogP contribution in [0, 0.1) is 0 Å². The highest BCUT2D eigenvalue weighted by Crippen LogP contribution is 2.27. The summed E-state index contributed by atoms with van der Waals surface area (Å²) in [5.74, 6) is 2.33. The first kappa shape index (κ1) is 19.1. The largest absolute Gasteiger partial charge is 0.492 e. The summed E-state index contributed by atoms with van der Waals surface area (Å²) < 4.78 is 7.48. The lowest BCUT2D eigenvalue weighted by Gasteiger charge is -2.33. The van der Waals surface area contributed by atoms with Crippen LogP contribution in [0.5, 0.6) is 5.75 Å². The van der Waals surface area contributed by atoms with Crippen molar-refractivity contribution >= 4 is 5.91 Å². The van der Waals surface area contributed by atoms with Crippen molar-refractivity contribution in [2.45, 2.75) is 25.9 Å². The van der Waals surface area contributed by atoms with E-state index in [1.54, 1.807) is 0 Å². The van der Waals surface area contributed by atoms with E-state index in [1.807, 2.05) is 71.1 Å². The van der Waals surface area contributed by atoms with Crippen molar-refractivity contribution in [2.75, 3.05) is 19.7 Å². The molecule has 0 radical (unpaired) electrons. The minimum Gasteiger partial charge on any atom is -0.492 e. The summed E-state index contributed by atoms with van der Waals surface area (Å²) in [4.78, 5) is 19.6. The highest BCUT2D eigenvalue weighted by Gasteiger charge is 2.30. The quantitative estimate of drug-likeness (QED) is 0.697. The molecule has 2 aromatic carbocycles. The maximum absolute atomic E-state index is 13.0. The fourth-order valence-corrected chi connectivity index (χ4v) is 3.61. The molecular formula is C22H25N5O2. The van der Waals surface area contributed by atoms with E-state index in [1.165, 1.54) is 0 Å². The molecule has 0 spiro atoms. The Morgan fingerprint density at radius 2 is 2.00 bits per heavy atom. The Bertz CT molecular complexity index is 986. The molecule has 1 aromatic heterocycles. The molecule has 150 valence electrons. The lowest BCUT2D eigenvalue weighted by atomic mass is 10.1. The second kappa shape index (κ2) is 8.45. The van der Waals surface area contributed by atoms with Crippen molar-refractivity contribution in [1.82, 2.24) is 19.7 Å². The lowest BCUT2D eigenvalue weighted by Crippen LogP contribution is -2.42. The maximum atomic E-state index is 13.0. The molecule has 0 aliphatic carbocycles. The molecule has 7 nitrogen and oxygen atoms in total. The van der Waals surface area contributed by atoms with Crippen LogP contribution >= 0.6 is 0 Å². The number of aromatic nitrogens is 3. The van der Waals surface area contributed by atoms with Crippen molar-refractivity contribution in [3.05, 3.63) is 66.0 Å². The standard InChI is InChI=1S/C22H25N5O2/c1-16-22-24-21(18-7-3-2-4-8-18)25-27(22)12-11-26(16)20(28)15-17-6-5-9-19(14-17)29-13-10-23/h2-9,14,16H,10-13,15,23H2,1H3/t16-/m0/s1. The molecule has 29 heavy (non-hydrogen) atoms. The van der Waals surface area contributed by atoms with Crippen LogP contribution < -0.4 is 10.5 Å². The number of benzene rings is 2. The molecule has 0 saturated heterocycles. The Kier molecular flexibility index (Phi) is 5.57. The van der Waals surface area contributed by atoms with E-state index in [-0.39, 0.29) is 11.9 Å². The van der Waals surface area contributed by atoms with Crippen LogP contribution in [0.2, 0.25) is 0 Å². The number of carbonyl (C=O) groups excluding carboxylic acids is 1. The molecule has 7 heteroatoms. The van der Waals surface area contributed by atoms with Crippen LogP contribution in [0.3, 0.4) is 0 Å². The Labute approximate surface area is 170 Å². The summed E-state index contributed by atoms with van der Waals surface area (Å²) in [6.45, 7) is 4.19. The first-order chi connectivity index (χ1) is 14.2. The second-order valence-electron chi connectivity index (χ2n) is 7.11. The third kappa shape index (κ3) is 4.14. The van der Waals surface area contributed by atoms with Gasteiger partial charge in [-0.2, -0.15) is 5.10 Å². The lowest BCUT2D eigenvalue weighted by molar-refractivity contribution is -0.133. The van der Waals surface area contributed by atoms with Crippen LogP contribution in [0.15, 0.2) is 54.6 Å². The third-order valence-electron chi connectivity index (χ3n) is 5.09. The molecule has 1 atom stereocenters. The number of ether oxygens (including phenoxy) is 1. The molecule has 0 saturated carbocycles. The van der Waals surface area contributed by atoms with Gasteiger partial charge in [0, 0.05) is 18.7 Å². The second-order valence-corrected chi connectivity index (χ2v) is 7.11. The Morgan fingerprint density at radius 1 is 1.17 bits per heavy atom. The molecular weight excluding hydrogens is 366 g/mol. The molecule has 3 aromatic rings. The van der Waals surface area contributed by atoms with Crippen LogP contribution in [0.1, 0.15) is 24.4 Å². The van der Waals surface area contributed by atoms with Crippen molar-refractivity contribution in [1.29, 1.82) is 0 Å². The minimum atomic E-state index is -0.127. The summed E-state index contributed by atoms with van der Waals surface area (Å²) >= 11 is 0. The number of nitrogens with zero attached hydrogens (tertiary/aromatic N) is 4. The van der Waals surface area contributed by atoms with Gasteiger partial charge in [-0.25, -0.2) is 9.67 Å². The predicted molar refractivity (Wildman–Crippen MR) is 110 cm³/mol. The van der Waals surface area contributed by atoms with Gasteiger partial charge in [-0.1, -0.05) is 42.5 Å². The zero-order chi connectivity index (χ0) is 20.2. The molecule has 4 rings (SSSR count). The van der Waals surface area contributed by atoms with Crippen molar-refractivity contribution in [2.24, 2.45) is 5.73 Å². The SMILES string of the molecule is C[C@H]1c2nc(-c3ccccc3)nn2CCN1C(=O)Cc1cccc(OCCN)c1. The monoisotopic (exact) mass is 391 g/mol. The normalized spacial score (nSPS) is 15.8. The van der Waals surface area contributed by atoms with Gasteiger partial charge in [0.25, 0.3) is 0 Å². The van der Waals surface area contributed by atoms with Gasteiger partial charge in [0.2, 0.25) is 5.91 Å². The highest BCUT2D eigenvalue weighted by atomic mass is 16.5. The Hall–Kier alpha value is -3.19. The van der Waals surface area contributed by atoms with E-state index >= 15 is 0 Å². The summed E-state index contributed by atoms with van der Waals surface area (Å²) in [5, 5.41) is 4.63. The van der Waals surface area contributed by atoms with E-state index in [4.69, 9.17) is 15.5 Å². The topological polar surface area (TPSA) is 86.3 Å². The average Bonchev–Trinajstić information content (AvgIpc) is 3.19. The summed E-state index contributed by atoms with van der Waals surface area (Å²) in [5.41, 5.74) is 7.39. The number of carbonyl (C=O) groups is 1. The molecule has 0 unspecified atom stereocenters. The fourth-order valence-electron chi connectivity index (χ4n) is 3.61. The molecule has 2 heterocycles. The first-order valence-corrected chi connectivity index (χ1v) is 9.87. The molecule has 1 aliphatic rings. The van der Waals surface area contributed by atoms with Crippen molar-refractivity contribution in [3.63, 3.8) is 0 Å².